The lowest BCUT2D eigenvalue weighted by atomic mass is 10.2. The zero-order chi connectivity index (χ0) is 13.4. The van der Waals surface area contributed by atoms with E-state index in [4.69, 9.17) is 5.26 Å². The molecule has 0 aliphatic rings. The Morgan fingerprint density at radius 2 is 2.17 bits per heavy atom. The van der Waals surface area contributed by atoms with Crippen molar-refractivity contribution < 1.29 is 9.59 Å². The Morgan fingerprint density at radius 1 is 1.39 bits per heavy atom. The van der Waals surface area contributed by atoms with E-state index in [1.165, 1.54) is 7.05 Å². The van der Waals surface area contributed by atoms with E-state index < -0.39 is 6.03 Å². The van der Waals surface area contributed by atoms with Gasteiger partial charge in [-0.1, -0.05) is 6.07 Å². The second kappa shape index (κ2) is 6.91. The predicted octanol–water partition coefficient (Wildman–Crippen LogP) is 0.816. The first kappa shape index (κ1) is 13.5. The van der Waals surface area contributed by atoms with E-state index in [-0.39, 0.29) is 18.9 Å². The molecule has 1 aromatic carbocycles. The van der Waals surface area contributed by atoms with Crippen molar-refractivity contribution >= 4 is 17.6 Å². The molecule has 0 aromatic heterocycles. The van der Waals surface area contributed by atoms with Crippen LogP contribution in [0.25, 0.3) is 0 Å². The molecule has 0 atom stereocenters. The van der Waals surface area contributed by atoms with Crippen molar-refractivity contribution in [3.8, 4) is 6.07 Å². The smallest absolute Gasteiger partial charge is 0.319 e. The maximum absolute atomic E-state index is 11.4. The van der Waals surface area contributed by atoms with Gasteiger partial charge in [0.25, 0.3) is 0 Å². The van der Waals surface area contributed by atoms with Gasteiger partial charge in [-0.3, -0.25) is 4.79 Å². The Labute approximate surface area is 105 Å². The Bertz CT molecular complexity index is 479. The van der Waals surface area contributed by atoms with Crippen LogP contribution in [0.4, 0.5) is 10.5 Å². The molecule has 94 valence electrons. The largest absolute Gasteiger partial charge is 0.359 e. The summed E-state index contributed by atoms with van der Waals surface area (Å²) in [6, 6.07) is 8.15. The number of rotatable bonds is 4. The molecule has 0 unspecified atom stereocenters. The van der Waals surface area contributed by atoms with Gasteiger partial charge in [0.15, 0.2) is 0 Å². The van der Waals surface area contributed by atoms with Gasteiger partial charge in [0.1, 0.15) is 0 Å². The van der Waals surface area contributed by atoms with Crippen LogP contribution in [0.5, 0.6) is 0 Å². The lowest BCUT2D eigenvalue weighted by molar-refractivity contribution is -0.120. The van der Waals surface area contributed by atoms with Crippen molar-refractivity contribution in [3.05, 3.63) is 29.8 Å². The van der Waals surface area contributed by atoms with Crippen LogP contribution in [0.1, 0.15) is 12.0 Å². The fourth-order valence-electron chi connectivity index (χ4n) is 1.26. The molecule has 1 rings (SSSR count). The monoisotopic (exact) mass is 246 g/mol. The van der Waals surface area contributed by atoms with Crippen molar-refractivity contribution in [1.82, 2.24) is 10.6 Å². The fourth-order valence-corrected chi connectivity index (χ4v) is 1.26. The molecule has 0 spiro atoms. The molecule has 0 heterocycles. The lowest BCUT2D eigenvalue weighted by Crippen LogP contribution is -2.32. The van der Waals surface area contributed by atoms with Crippen molar-refractivity contribution in [3.63, 3.8) is 0 Å². The van der Waals surface area contributed by atoms with Gasteiger partial charge in [-0.25, -0.2) is 4.79 Å². The predicted molar refractivity (Wildman–Crippen MR) is 66.9 cm³/mol. The molecule has 6 heteroatoms. The number of anilines is 1. The fraction of sp³-hybridized carbons (Fsp3) is 0.250. The molecule has 0 aliphatic carbocycles. The van der Waals surface area contributed by atoms with Gasteiger partial charge in [-0.2, -0.15) is 5.26 Å². The van der Waals surface area contributed by atoms with Crippen molar-refractivity contribution in [2.45, 2.75) is 6.42 Å². The van der Waals surface area contributed by atoms with Crippen molar-refractivity contribution in [1.29, 1.82) is 5.26 Å². The third-order valence-electron chi connectivity index (χ3n) is 2.17. The molecule has 18 heavy (non-hydrogen) atoms. The van der Waals surface area contributed by atoms with E-state index in [1.54, 1.807) is 24.3 Å². The minimum Gasteiger partial charge on any atom is -0.359 e. The SMILES string of the molecule is CNC(=O)CCNC(=O)Nc1cccc(C#N)c1. The molecular weight excluding hydrogens is 232 g/mol. The third kappa shape index (κ3) is 4.53. The summed E-state index contributed by atoms with van der Waals surface area (Å²) in [6.45, 7) is 0.253. The number of hydrogen-bond donors (Lipinski definition) is 3. The number of carbonyl (C=O) groups excluding carboxylic acids is 2. The third-order valence-corrected chi connectivity index (χ3v) is 2.17. The normalized spacial score (nSPS) is 9.11. The molecule has 0 radical (unpaired) electrons. The van der Waals surface area contributed by atoms with Crippen LogP contribution in [-0.2, 0) is 4.79 Å². The number of nitriles is 1. The Hall–Kier alpha value is -2.55. The highest BCUT2D eigenvalue weighted by atomic mass is 16.2. The zero-order valence-electron chi connectivity index (χ0n) is 9.99. The number of amides is 3. The van der Waals surface area contributed by atoms with E-state index >= 15 is 0 Å². The van der Waals surface area contributed by atoms with E-state index in [0.29, 0.717) is 11.3 Å². The van der Waals surface area contributed by atoms with E-state index in [1.807, 2.05) is 6.07 Å². The molecule has 0 aliphatic heterocycles. The van der Waals surface area contributed by atoms with Gasteiger partial charge >= 0.3 is 6.03 Å². The molecule has 0 fully saturated rings. The first-order chi connectivity index (χ1) is 8.65. The summed E-state index contributed by atoms with van der Waals surface area (Å²) in [5.74, 6) is -0.137. The zero-order valence-corrected chi connectivity index (χ0v) is 9.99. The summed E-state index contributed by atoms with van der Waals surface area (Å²) in [5.41, 5.74) is 1.00. The molecule has 3 N–H and O–H groups in total. The maximum Gasteiger partial charge on any atom is 0.319 e. The highest BCUT2D eigenvalue weighted by Gasteiger charge is 2.03. The van der Waals surface area contributed by atoms with Gasteiger partial charge in [0.05, 0.1) is 11.6 Å². The van der Waals surface area contributed by atoms with E-state index in [9.17, 15) is 9.59 Å². The Kier molecular flexibility index (Phi) is 5.19. The number of nitrogens with zero attached hydrogens (tertiary/aromatic N) is 1. The van der Waals surface area contributed by atoms with Crippen molar-refractivity contribution in [2.75, 3.05) is 18.9 Å². The van der Waals surface area contributed by atoms with Crippen LogP contribution in [0.15, 0.2) is 24.3 Å². The average molecular weight is 246 g/mol. The minimum atomic E-state index is -0.408. The molecule has 0 saturated heterocycles. The first-order valence-electron chi connectivity index (χ1n) is 5.41. The van der Waals surface area contributed by atoms with Crippen LogP contribution in [0, 0.1) is 11.3 Å². The summed E-state index contributed by atoms with van der Waals surface area (Å²) in [4.78, 5) is 22.4. The van der Waals surface area contributed by atoms with Gasteiger partial charge < -0.3 is 16.0 Å². The van der Waals surface area contributed by atoms with Gasteiger partial charge in [0.2, 0.25) is 5.91 Å². The topological polar surface area (TPSA) is 94.0 Å². The van der Waals surface area contributed by atoms with E-state index in [0.717, 1.165) is 0 Å². The number of benzene rings is 1. The van der Waals surface area contributed by atoms with Crippen LogP contribution in [0.3, 0.4) is 0 Å². The molecule has 0 bridgehead atoms. The number of urea groups is 1. The summed E-state index contributed by atoms with van der Waals surface area (Å²) >= 11 is 0. The van der Waals surface area contributed by atoms with Gasteiger partial charge in [-0.15, -0.1) is 0 Å². The molecule has 0 saturated carbocycles. The quantitative estimate of drug-likeness (QED) is 0.734. The van der Waals surface area contributed by atoms with Crippen molar-refractivity contribution in [2.24, 2.45) is 0 Å². The Balaban J connectivity index is 2.40. The highest BCUT2D eigenvalue weighted by Crippen LogP contribution is 2.09. The second-order valence-electron chi connectivity index (χ2n) is 3.50. The first-order valence-corrected chi connectivity index (χ1v) is 5.41. The molecular formula is C12H14N4O2. The van der Waals surface area contributed by atoms with E-state index in [2.05, 4.69) is 16.0 Å². The van der Waals surface area contributed by atoms with Gasteiger partial charge in [-0.05, 0) is 18.2 Å². The summed E-state index contributed by atoms with van der Waals surface area (Å²) < 4.78 is 0. The maximum atomic E-state index is 11.4. The number of nitrogens with one attached hydrogen (secondary N) is 3. The molecule has 1 aromatic rings. The summed E-state index contributed by atoms with van der Waals surface area (Å²) in [7, 11) is 1.54. The minimum absolute atomic E-state index is 0.137. The van der Waals surface area contributed by atoms with Crippen LogP contribution in [-0.4, -0.2) is 25.5 Å². The van der Waals surface area contributed by atoms with Crippen LogP contribution in [0.2, 0.25) is 0 Å². The highest BCUT2D eigenvalue weighted by molar-refractivity contribution is 5.89. The summed E-state index contributed by atoms with van der Waals surface area (Å²) in [6.07, 6.45) is 0.224. The Morgan fingerprint density at radius 3 is 2.83 bits per heavy atom. The standard InChI is InChI=1S/C12H14N4O2/c1-14-11(17)5-6-15-12(18)16-10-4-2-3-9(7-10)8-13/h2-4,7H,5-6H2,1H3,(H,14,17)(H2,15,16,18). The summed E-state index contributed by atoms with van der Waals surface area (Å²) in [5, 5.41) is 16.3. The van der Waals surface area contributed by atoms with Crippen LogP contribution >= 0.6 is 0 Å². The number of carbonyl (C=O) groups is 2. The second-order valence-corrected chi connectivity index (χ2v) is 3.50. The van der Waals surface area contributed by atoms with Crippen LogP contribution < -0.4 is 16.0 Å². The lowest BCUT2D eigenvalue weighted by Gasteiger charge is -2.07. The molecule has 3 amide bonds. The van der Waals surface area contributed by atoms with Gasteiger partial charge in [0, 0.05) is 25.7 Å². The average Bonchev–Trinajstić information content (AvgIpc) is 2.38. The molecule has 6 nitrogen and oxygen atoms in total. The number of hydrogen-bond acceptors (Lipinski definition) is 3.